The summed E-state index contributed by atoms with van der Waals surface area (Å²) in [5.74, 6) is -3.11. The van der Waals surface area contributed by atoms with Gasteiger partial charge in [-0.05, 0) is 30.5 Å². The van der Waals surface area contributed by atoms with Crippen LogP contribution in [0.25, 0.3) is 0 Å². The van der Waals surface area contributed by atoms with Crippen LogP contribution in [-0.4, -0.2) is 69.2 Å². The van der Waals surface area contributed by atoms with E-state index in [1.807, 2.05) is 12.1 Å². The Hall–Kier alpha value is -2.99. The summed E-state index contributed by atoms with van der Waals surface area (Å²) < 4.78 is 52.5. The first-order valence-corrected chi connectivity index (χ1v) is 10.2. The molecule has 1 aromatic heterocycles. The van der Waals surface area contributed by atoms with E-state index in [2.05, 4.69) is 15.3 Å². The number of carbonyl (C=O) groups excluding carboxylic acids is 1. The van der Waals surface area contributed by atoms with Crippen LogP contribution >= 0.6 is 0 Å². The molecular formula is C21H24F4N4O4. The van der Waals surface area contributed by atoms with Crippen molar-refractivity contribution in [3.8, 4) is 0 Å². The number of fused-ring (bicyclic) bond motifs is 1. The van der Waals surface area contributed by atoms with Gasteiger partial charge in [0.25, 0.3) is 5.91 Å². The Morgan fingerprint density at radius 3 is 2.52 bits per heavy atom. The molecule has 2 aromatic rings. The third-order valence-corrected chi connectivity index (χ3v) is 5.46. The predicted molar refractivity (Wildman–Crippen MR) is 108 cm³/mol. The maximum atomic E-state index is 13.1. The van der Waals surface area contributed by atoms with Gasteiger partial charge >= 0.3 is 12.1 Å². The molecule has 0 radical (unpaired) electrons. The van der Waals surface area contributed by atoms with Crippen molar-refractivity contribution in [1.29, 1.82) is 0 Å². The number of rotatable bonds is 4. The number of alkyl halides is 3. The molecule has 2 aliphatic heterocycles. The zero-order chi connectivity index (χ0) is 24.2. The van der Waals surface area contributed by atoms with E-state index in [0.717, 1.165) is 38.1 Å². The van der Waals surface area contributed by atoms with Crippen LogP contribution < -0.4 is 5.32 Å². The molecule has 2 aliphatic rings. The molecule has 2 N–H and O–H groups in total. The molecule has 0 unspecified atom stereocenters. The molecule has 8 nitrogen and oxygen atoms in total. The number of ether oxygens (including phenoxy) is 1. The molecular weight excluding hydrogens is 448 g/mol. The molecule has 4 rings (SSSR count). The number of aliphatic carboxylic acids is 1. The molecule has 0 aliphatic carbocycles. The van der Waals surface area contributed by atoms with Gasteiger partial charge in [-0.1, -0.05) is 12.1 Å². The number of amides is 1. The molecule has 3 heterocycles. The Kier molecular flexibility index (Phi) is 7.69. The maximum absolute atomic E-state index is 13.1. The Balaban J connectivity index is 0.000000383. The summed E-state index contributed by atoms with van der Waals surface area (Å²) in [6.45, 7) is 2.17. The number of nitrogens with one attached hydrogen (secondary N) is 1. The van der Waals surface area contributed by atoms with E-state index >= 15 is 0 Å². The van der Waals surface area contributed by atoms with E-state index in [-0.39, 0.29) is 29.9 Å². The topological polar surface area (TPSA) is 96.7 Å². The molecule has 3 atom stereocenters. The first-order valence-electron chi connectivity index (χ1n) is 10.2. The van der Waals surface area contributed by atoms with Crippen LogP contribution in [0.2, 0.25) is 0 Å². The van der Waals surface area contributed by atoms with Gasteiger partial charge in [0.05, 0.1) is 23.9 Å². The number of likely N-dealkylation sites (tertiary alicyclic amines) is 1. The number of carbonyl (C=O) groups is 2. The van der Waals surface area contributed by atoms with Gasteiger partial charge in [-0.25, -0.2) is 9.18 Å². The second kappa shape index (κ2) is 10.3. The van der Waals surface area contributed by atoms with Gasteiger partial charge in [-0.2, -0.15) is 18.3 Å². The summed E-state index contributed by atoms with van der Waals surface area (Å²) in [4.78, 5) is 23.7. The third-order valence-electron chi connectivity index (χ3n) is 5.46. The predicted octanol–water partition coefficient (Wildman–Crippen LogP) is 2.35. The summed E-state index contributed by atoms with van der Waals surface area (Å²) >= 11 is 0. The van der Waals surface area contributed by atoms with Gasteiger partial charge in [-0.15, -0.1) is 0 Å². The number of halogens is 4. The lowest BCUT2D eigenvalue weighted by molar-refractivity contribution is -0.192. The van der Waals surface area contributed by atoms with Crippen molar-refractivity contribution in [2.45, 2.75) is 43.8 Å². The van der Waals surface area contributed by atoms with E-state index in [0.29, 0.717) is 5.56 Å². The second-order valence-electron chi connectivity index (χ2n) is 7.89. The van der Waals surface area contributed by atoms with Crippen molar-refractivity contribution in [3.63, 3.8) is 0 Å². The van der Waals surface area contributed by atoms with Crippen LogP contribution in [0.5, 0.6) is 0 Å². The van der Waals surface area contributed by atoms with Crippen molar-refractivity contribution in [2.24, 2.45) is 7.05 Å². The number of carboxylic acids is 1. The average molecular weight is 472 g/mol. The van der Waals surface area contributed by atoms with E-state index < -0.39 is 12.1 Å². The number of aryl methyl sites for hydroxylation is 1. The quantitative estimate of drug-likeness (QED) is 0.664. The smallest absolute Gasteiger partial charge is 0.475 e. The van der Waals surface area contributed by atoms with Gasteiger partial charge in [0.2, 0.25) is 0 Å². The minimum Gasteiger partial charge on any atom is -0.475 e. The first-order chi connectivity index (χ1) is 15.5. The van der Waals surface area contributed by atoms with E-state index in [4.69, 9.17) is 14.6 Å². The van der Waals surface area contributed by atoms with Crippen molar-refractivity contribution >= 4 is 11.9 Å². The highest BCUT2D eigenvalue weighted by atomic mass is 19.4. The number of hydrogen-bond acceptors (Lipinski definition) is 5. The molecule has 2 saturated heterocycles. The summed E-state index contributed by atoms with van der Waals surface area (Å²) in [5.41, 5.74) is 1.62. The zero-order valence-electron chi connectivity index (χ0n) is 17.8. The Bertz CT molecular complexity index is 964. The summed E-state index contributed by atoms with van der Waals surface area (Å²) in [6.07, 6.45) is 0.250. The van der Waals surface area contributed by atoms with Gasteiger partial charge in [0.15, 0.2) is 0 Å². The molecule has 0 bridgehead atoms. The van der Waals surface area contributed by atoms with Crippen LogP contribution in [0, 0.1) is 5.82 Å². The fraction of sp³-hybridized carbons (Fsp3) is 0.476. The highest BCUT2D eigenvalue weighted by molar-refractivity contribution is 5.94. The van der Waals surface area contributed by atoms with Crippen LogP contribution in [0.3, 0.4) is 0 Å². The number of nitrogens with zero attached hydrogens (tertiary/aromatic N) is 3. The fourth-order valence-electron chi connectivity index (χ4n) is 3.98. The molecule has 180 valence electrons. The van der Waals surface area contributed by atoms with E-state index in [9.17, 15) is 22.4 Å². The second-order valence-corrected chi connectivity index (χ2v) is 7.89. The Labute approximate surface area is 187 Å². The highest BCUT2D eigenvalue weighted by Crippen LogP contribution is 2.30. The fourth-order valence-corrected chi connectivity index (χ4v) is 3.98. The molecule has 1 aromatic carbocycles. The molecule has 1 amide bonds. The van der Waals surface area contributed by atoms with Crippen molar-refractivity contribution in [3.05, 3.63) is 53.6 Å². The monoisotopic (exact) mass is 472 g/mol. The third kappa shape index (κ3) is 6.51. The van der Waals surface area contributed by atoms with E-state index in [1.54, 1.807) is 24.1 Å². The van der Waals surface area contributed by atoms with E-state index in [1.165, 1.54) is 12.1 Å². The molecule has 33 heavy (non-hydrogen) atoms. The highest BCUT2D eigenvalue weighted by Gasteiger charge is 2.44. The maximum Gasteiger partial charge on any atom is 0.490 e. The lowest BCUT2D eigenvalue weighted by Crippen LogP contribution is -2.47. The van der Waals surface area contributed by atoms with Crippen LogP contribution in [0.1, 0.15) is 28.8 Å². The van der Waals surface area contributed by atoms with Gasteiger partial charge in [0.1, 0.15) is 5.82 Å². The van der Waals surface area contributed by atoms with Crippen molar-refractivity contribution in [1.82, 2.24) is 20.0 Å². The normalized spacial score (nSPS) is 22.8. The van der Waals surface area contributed by atoms with Crippen molar-refractivity contribution in [2.75, 3.05) is 13.2 Å². The SMILES string of the molecule is Cn1cc(C(=O)N[C@@H]2CN(Cc3ccc(F)cc3)[C@@H]3CCCO[C@@H]32)cn1.O=C(O)C(F)(F)F. The lowest BCUT2D eigenvalue weighted by atomic mass is 10.0. The molecule has 2 fully saturated rings. The Morgan fingerprint density at radius 1 is 1.27 bits per heavy atom. The summed E-state index contributed by atoms with van der Waals surface area (Å²) in [7, 11) is 1.79. The minimum absolute atomic E-state index is 0.00943. The number of hydrogen-bond donors (Lipinski definition) is 2. The van der Waals surface area contributed by atoms with Crippen LogP contribution in [-0.2, 0) is 23.1 Å². The zero-order valence-corrected chi connectivity index (χ0v) is 17.8. The average Bonchev–Trinajstić information content (AvgIpc) is 3.34. The molecule has 0 spiro atoms. The van der Waals surface area contributed by atoms with Crippen molar-refractivity contribution < 1.29 is 37.0 Å². The number of carboxylic acid groups (broad SMARTS) is 1. The van der Waals surface area contributed by atoms with Crippen LogP contribution in [0.4, 0.5) is 17.6 Å². The standard InChI is InChI=1S/C19H23FN4O2.C2HF3O2/c1-23-11-14(9-21-23)19(25)22-16-12-24(17-3-2-8-26-18(16)17)10-13-4-6-15(20)7-5-13;3-2(4,5)1(6)7/h4-7,9,11,16-18H,2-3,8,10,12H2,1H3,(H,22,25);(H,6,7)/t16-,17-,18-;/m1./s1. The minimum atomic E-state index is -5.08. The molecule has 0 saturated carbocycles. The largest absolute Gasteiger partial charge is 0.490 e. The Morgan fingerprint density at radius 2 is 1.94 bits per heavy atom. The summed E-state index contributed by atoms with van der Waals surface area (Å²) in [6, 6.07) is 6.82. The lowest BCUT2D eigenvalue weighted by Gasteiger charge is -2.32. The number of aromatic nitrogens is 2. The first kappa shape index (κ1) is 24.6. The van der Waals surface area contributed by atoms with Crippen LogP contribution in [0.15, 0.2) is 36.7 Å². The van der Waals surface area contributed by atoms with Gasteiger partial charge < -0.3 is 15.2 Å². The molecule has 12 heteroatoms. The van der Waals surface area contributed by atoms with Gasteiger partial charge in [-0.3, -0.25) is 14.4 Å². The summed E-state index contributed by atoms with van der Waals surface area (Å²) in [5, 5.41) is 14.3. The van der Waals surface area contributed by atoms with Gasteiger partial charge in [0, 0.05) is 39.0 Å². The number of benzene rings is 1.